The summed E-state index contributed by atoms with van der Waals surface area (Å²) in [6.07, 6.45) is 1.01. The second kappa shape index (κ2) is 4.31. The van der Waals surface area contributed by atoms with Crippen molar-refractivity contribution in [3.05, 3.63) is 0 Å². The fraction of sp³-hybridized carbons (Fsp3) is 0.857. The molecule has 0 aromatic rings. The van der Waals surface area contributed by atoms with Gasteiger partial charge in [-0.15, -0.1) is 0 Å². The Morgan fingerprint density at radius 1 is 1.73 bits per heavy atom. The molecule has 64 valence electrons. The molecule has 0 bridgehead atoms. The fourth-order valence-electron chi connectivity index (χ4n) is 1.01. The van der Waals surface area contributed by atoms with Gasteiger partial charge in [0.25, 0.3) is 0 Å². The maximum atomic E-state index is 10.7. The van der Waals surface area contributed by atoms with Crippen LogP contribution < -0.4 is 0 Å². The van der Waals surface area contributed by atoms with Crippen LogP contribution in [0.2, 0.25) is 0 Å². The molecule has 0 radical (unpaired) electrons. The molecule has 0 saturated carbocycles. The Morgan fingerprint density at radius 3 is 3.18 bits per heavy atom. The lowest BCUT2D eigenvalue weighted by Gasteiger charge is -2.20. The van der Waals surface area contributed by atoms with Crippen molar-refractivity contribution in [3.63, 3.8) is 0 Å². The fourth-order valence-corrected chi connectivity index (χ4v) is 1.01. The molecule has 0 spiro atoms. The molecule has 1 heterocycles. The van der Waals surface area contributed by atoms with E-state index in [9.17, 15) is 4.79 Å². The highest BCUT2D eigenvalue weighted by atomic mass is 16.5. The highest BCUT2D eigenvalue weighted by molar-refractivity contribution is 5.70. The Bertz CT molecular complexity index is 134. The number of hydrogen-bond acceptors (Lipinski definition) is 4. The lowest BCUT2D eigenvalue weighted by Crippen LogP contribution is -2.28. The molecule has 4 heteroatoms. The summed E-state index contributed by atoms with van der Waals surface area (Å²) in [6.45, 7) is 0.748. The van der Waals surface area contributed by atoms with Crippen LogP contribution >= 0.6 is 0 Å². The average Bonchev–Trinajstić information content (AvgIpc) is 2.01. The first-order valence-corrected chi connectivity index (χ1v) is 3.71. The molecule has 1 fully saturated rings. The SMILES string of the molecule is O=C1CC(OCCO)CCO1. The molecule has 1 unspecified atom stereocenters. The molecule has 4 nitrogen and oxygen atoms in total. The number of esters is 1. The van der Waals surface area contributed by atoms with Crippen LogP contribution in [-0.4, -0.2) is 37.0 Å². The maximum absolute atomic E-state index is 10.7. The van der Waals surface area contributed by atoms with Crippen molar-refractivity contribution in [1.82, 2.24) is 0 Å². The monoisotopic (exact) mass is 160 g/mol. The number of ether oxygens (including phenoxy) is 2. The minimum absolute atomic E-state index is 0.00550. The average molecular weight is 160 g/mol. The smallest absolute Gasteiger partial charge is 0.308 e. The number of carbonyl (C=O) groups is 1. The lowest BCUT2D eigenvalue weighted by molar-refractivity contribution is -0.154. The van der Waals surface area contributed by atoms with Crippen LogP contribution in [0.5, 0.6) is 0 Å². The first-order valence-electron chi connectivity index (χ1n) is 3.71. The second-order valence-electron chi connectivity index (χ2n) is 2.43. The van der Waals surface area contributed by atoms with Crippen molar-refractivity contribution in [1.29, 1.82) is 0 Å². The largest absolute Gasteiger partial charge is 0.465 e. The predicted molar refractivity (Wildman–Crippen MR) is 37.0 cm³/mol. The van der Waals surface area contributed by atoms with Gasteiger partial charge in [0, 0.05) is 6.42 Å². The summed E-state index contributed by atoms with van der Waals surface area (Å²) in [5.41, 5.74) is 0. The first kappa shape index (κ1) is 8.49. The Morgan fingerprint density at radius 2 is 2.55 bits per heavy atom. The van der Waals surface area contributed by atoms with Gasteiger partial charge in [-0.05, 0) is 0 Å². The Kier molecular flexibility index (Phi) is 3.32. The van der Waals surface area contributed by atoms with Crippen LogP contribution in [0.15, 0.2) is 0 Å². The number of cyclic esters (lactones) is 1. The quantitative estimate of drug-likeness (QED) is 0.576. The van der Waals surface area contributed by atoms with Crippen LogP contribution in [0.4, 0.5) is 0 Å². The summed E-state index contributed by atoms with van der Waals surface area (Å²) in [4.78, 5) is 10.7. The predicted octanol–water partition coefficient (Wildman–Crippen LogP) is -0.299. The summed E-state index contributed by atoms with van der Waals surface area (Å²) in [6, 6.07) is 0. The van der Waals surface area contributed by atoms with E-state index in [1.165, 1.54) is 0 Å². The number of aliphatic hydroxyl groups excluding tert-OH is 1. The van der Waals surface area contributed by atoms with Crippen LogP contribution in [-0.2, 0) is 14.3 Å². The van der Waals surface area contributed by atoms with Crippen molar-refractivity contribution in [2.45, 2.75) is 18.9 Å². The van der Waals surface area contributed by atoms with Gasteiger partial charge in [-0.1, -0.05) is 0 Å². The number of rotatable bonds is 3. The van der Waals surface area contributed by atoms with Crippen molar-refractivity contribution in [3.8, 4) is 0 Å². The van der Waals surface area contributed by atoms with Gasteiger partial charge in [0.05, 0.1) is 32.3 Å². The highest BCUT2D eigenvalue weighted by Gasteiger charge is 2.20. The molecule has 1 N–H and O–H groups in total. The van der Waals surface area contributed by atoms with E-state index in [2.05, 4.69) is 0 Å². The summed E-state index contributed by atoms with van der Waals surface area (Å²) < 4.78 is 9.86. The van der Waals surface area contributed by atoms with Crippen LogP contribution in [0.3, 0.4) is 0 Å². The molecule has 1 atom stereocenters. The van der Waals surface area contributed by atoms with Gasteiger partial charge in [-0.3, -0.25) is 4.79 Å². The van der Waals surface area contributed by atoms with E-state index >= 15 is 0 Å². The molecular weight excluding hydrogens is 148 g/mol. The molecular formula is C7H12O4. The topological polar surface area (TPSA) is 55.8 Å². The first-order chi connectivity index (χ1) is 5.33. The van der Waals surface area contributed by atoms with Crippen molar-refractivity contribution >= 4 is 5.97 Å². The van der Waals surface area contributed by atoms with E-state index in [4.69, 9.17) is 14.6 Å². The van der Waals surface area contributed by atoms with Gasteiger partial charge >= 0.3 is 5.97 Å². The van der Waals surface area contributed by atoms with Crippen LogP contribution in [0, 0.1) is 0 Å². The normalized spacial score (nSPS) is 24.8. The van der Waals surface area contributed by atoms with Crippen LogP contribution in [0.25, 0.3) is 0 Å². The zero-order chi connectivity index (χ0) is 8.10. The molecule has 0 aromatic heterocycles. The standard InChI is InChI=1S/C7H12O4/c8-2-4-10-6-1-3-11-7(9)5-6/h6,8H,1-5H2. The minimum atomic E-state index is -0.209. The van der Waals surface area contributed by atoms with E-state index in [-0.39, 0.29) is 18.7 Å². The highest BCUT2D eigenvalue weighted by Crippen LogP contribution is 2.11. The van der Waals surface area contributed by atoms with Gasteiger partial charge in [-0.25, -0.2) is 0 Å². The Labute approximate surface area is 65.1 Å². The molecule has 1 saturated heterocycles. The van der Waals surface area contributed by atoms with Gasteiger partial charge < -0.3 is 14.6 Å². The van der Waals surface area contributed by atoms with Crippen molar-refractivity contribution in [2.75, 3.05) is 19.8 Å². The molecule has 1 aliphatic heterocycles. The summed E-state index contributed by atoms with van der Waals surface area (Å²) >= 11 is 0. The van der Waals surface area contributed by atoms with Gasteiger partial charge in [0.15, 0.2) is 0 Å². The molecule has 11 heavy (non-hydrogen) atoms. The van der Waals surface area contributed by atoms with Gasteiger partial charge in [0.1, 0.15) is 0 Å². The summed E-state index contributed by atoms with van der Waals surface area (Å²) in [5, 5.41) is 8.42. The third kappa shape index (κ3) is 2.86. The Balaban J connectivity index is 2.17. The molecule has 0 amide bonds. The Hall–Kier alpha value is -0.610. The van der Waals surface area contributed by atoms with Crippen molar-refractivity contribution in [2.24, 2.45) is 0 Å². The molecule has 0 aromatic carbocycles. The van der Waals surface area contributed by atoms with Gasteiger partial charge in [0.2, 0.25) is 0 Å². The van der Waals surface area contributed by atoms with E-state index in [0.717, 1.165) is 6.42 Å². The zero-order valence-corrected chi connectivity index (χ0v) is 6.28. The van der Waals surface area contributed by atoms with E-state index in [1.54, 1.807) is 0 Å². The summed E-state index contributed by atoms with van der Waals surface area (Å²) in [5.74, 6) is -0.209. The van der Waals surface area contributed by atoms with Crippen LogP contribution in [0.1, 0.15) is 12.8 Å². The molecule has 0 aliphatic carbocycles. The second-order valence-corrected chi connectivity index (χ2v) is 2.43. The van der Waals surface area contributed by atoms with E-state index < -0.39 is 0 Å². The van der Waals surface area contributed by atoms with Crippen molar-refractivity contribution < 1.29 is 19.4 Å². The maximum Gasteiger partial charge on any atom is 0.308 e. The minimum Gasteiger partial charge on any atom is -0.465 e. The third-order valence-corrected chi connectivity index (χ3v) is 1.54. The zero-order valence-electron chi connectivity index (χ0n) is 6.28. The summed E-state index contributed by atoms with van der Waals surface area (Å²) in [7, 11) is 0. The molecule has 1 aliphatic rings. The number of carbonyl (C=O) groups excluding carboxylic acids is 1. The number of aliphatic hydroxyl groups is 1. The molecule has 1 rings (SSSR count). The number of hydrogen-bond donors (Lipinski definition) is 1. The van der Waals surface area contributed by atoms with E-state index in [1.807, 2.05) is 0 Å². The lowest BCUT2D eigenvalue weighted by atomic mass is 10.1. The third-order valence-electron chi connectivity index (χ3n) is 1.54. The van der Waals surface area contributed by atoms with E-state index in [0.29, 0.717) is 19.6 Å². The van der Waals surface area contributed by atoms with Gasteiger partial charge in [-0.2, -0.15) is 0 Å².